The Balaban J connectivity index is 2.02. The zero-order chi connectivity index (χ0) is 17.4. The van der Waals surface area contributed by atoms with Crippen molar-refractivity contribution in [2.45, 2.75) is 6.10 Å². The summed E-state index contributed by atoms with van der Waals surface area (Å²) in [7, 11) is -0.429. The lowest BCUT2D eigenvalue weighted by Gasteiger charge is -2.16. The minimum atomic E-state index is -3.55. The number of benzene rings is 2. The third-order valence-corrected chi connectivity index (χ3v) is 4.52. The van der Waals surface area contributed by atoms with E-state index in [1.807, 2.05) is 54.6 Å². The fraction of sp³-hybridized carbons (Fsp3) is 0.222. The number of methoxy groups -OCH3 is 2. The number of ether oxygens (including phenoxy) is 2. The maximum atomic E-state index is 12.1. The molecule has 2 aromatic carbocycles. The van der Waals surface area contributed by atoms with Gasteiger partial charge in [0.15, 0.2) is 0 Å². The van der Waals surface area contributed by atoms with Crippen LogP contribution in [0.5, 0.6) is 5.75 Å². The summed E-state index contributed by atoms with van der Waals surface area (Å²) in [5.41, 5.74) is 1.66. The summed E-state index contributed by atoms with van der Waals surface area (Å²) < 4.78 is 37.3. The molecule has 0 radical (unpaired) electrons. The Morgan fingerprint density at radius 3 is 2.50 bits per heavy atom. The maximum Gasteiger partial charge on any atom is 0.233 e. The summed E-state index contributed by atoms with van der Waals surface area (Å²) in [6, 6.07) is 16.6. The SMILES string of the molecule is COc1cccc(C(CNS(=O)(=O)/C=C/c2ccccc2)OC)c1. The first-order valence-corrected chi connectivity index (χ1v) is 8.98. The van der Waals surface area contributed by atoms with Gasteiger partial charge < -0.3 is 9.47 Å². The maximum absolute atomic E-state index is 12.1. The van der Waals surface area contributed by atoms with E-state index in [4.69, 9.17) is 9.47 Å². The van der Waals surface area contributed by atoms with Crippen LogP contribution in [0, 0.1) is 0 Å². The van der Waals surface area contributed by atoms with Crippen LogP contribution in [0.4, 0.5) is 0 Å². The topological polar surface area (TPSA) is 64.6 Å². The van der Waals surface area contributed by atoms with Gasteiger partial charge in [-0.15, -0.1) is 0 Å². The molecule has 0 bridgehead atoms. The van der Waals surface area contributed by atoms with Crippen LogP contribution in [0.1, 0.15) is 17.2 Å². The summed E-state index contributed by atoms with van der Waals surface area (Å²) in [5, 5.41) is 1.15. The molecule has 0 heterocycles. The second kappa shape index (κ2) is 8.63. The summed E-state index contributed by atoms with van der Waals surface area (Å²) in [4.78, 5) is 0. The second-order valence-corrected chi connectivity index (χ2v) is 6.76. The van der Waals surface area contributed by atoms with Crippen molar-refractivity contribution in [3.05, 3.63) is 71.1 Å². The molecule has 0 aliphatic heterocycles. The van der Waals surface area contributed by atoms with Gasteiger partial charge in [0.05, 0.1) is 13.2 Å². The van der Waals surface area contributed by atoms with Gasteiger partial charge >= 0.3 is 0 Å². The van der Waals surface area contributed by atoms with E-state index in [-0.39, 0.29) is 6.54 Å². The summed E-state index contributed by atoms with van der Waals surface area (Å²) in [6.07, 6.45) is 1.15. The molecule has 1 atom stereocenters. The Bertz CT molecular complexity index is 773. The fourth-order valence-electron chi connectivity index (χ4n) is 2.15. The predicted octanol–water partition coefficient (Wildman–Crippen LogP) is 2.97. The van der Waals surface area contributed by atoms with Crippen molar-refractivity contribution in [2.75, 3.05) is 20.8 Å². The molecule has 0 amide bonds. The van der Waals surface area contributed by atoms with Gasteiger partial charge in [0.2, 0.25) is 10.0 Å². The van der Waals surface area contributed by atoms with Gasteiger partial charge in [0.1, 0.15) is 5.75 Å². The van der Waals surface area contributed by atoms with Gasteiger partial charge in [-0.25, -0.2) is 13.1 Å². The predicted molar refractivity (Wildman–Crippen MR) is 95.1 cm³/mol. The van der Waals surface area contributed by atoms with Crippen molar-refractivity contribution in [1.29, 1.82) is 0 Å². The van der Waals surface area contributed by atoms with Gasteiger partial charge in [-0.3, -0.25) is 0 Å². The lowest BCUT2D eigenvalue weighted by atomic mass is 10.1. The Morgan fingerprint density at radius 1 is 1.08 bits per heavy atom. The molecule has 24 heavy (non-hydrogen) atoms. The van der Waals surface area contributed by atoms with Crippen LogP contribution in [-0.2, 0) is 14.8 Å². The Labute approximate surface area is 143 Å². The molecule has 2 aromatic rings. The first-order chi connectivity index (χ1) is 11.5. The first-order valence-electron chi connectivity index (χ1n) is 7.43. The van der Waals surface area contributed by atoms with Crippen LogP contribution in [0.15, 0.2) is 60.0 Å². The highest BCUT2D eigenvalue weighted by Gasteiger charge is 2.14. The summed E-state index contributed by atoms with van der Waals surface area (Å²) in [6.45, 7) is 0.130. The van der Waals surface area contributed by atoms with Crippen molar-refractivity contribution < 1.29 is 17.9 Å². The molecule has 0 aliphatic rings. The third kappa shape index (κ3) is 5.49. The fourth-order valence-corrected chi connectivity index (χ4v) is 2.97. The highest BCUT2D eigenvalue weighted by Crippen LogP contribution is 2.21. The van der Waals surface area contributed by atoms with Crippen molar-refractivity contribution >= 4 is 16.1 Å². The van der Waals surface area contributed by atoms with Crippen molar-refractivity contribution in [3.63, 3.8) is 0 Å². The number of rotatable bonds is 8. The highest BCUT2D eigenvalue weighted by atomic mass is 32.2. The quantitative estimate of drug-likeness (QED) is 0.797. The highest BCUT2D eigenvalue weighted by molar-refractivity contribution is 7.92. The van der Waals surface area contributed by atoms with Gasteiger partial charge in [-0.2, -0.15) is 0 Å². The molecular formula is C18H21NO4S. The second-order valence-electron chi connectivity index (χ2n) is 5.11. The lowest BCUT2D eigenvalue weighted by molar-refractivity contribution is 0.107. The molecule has 0 aliphatic carbocycles. The van der Waals surface area contributed by atoms with E-state index in [9.17, 15) is 8.42 Å². The summed E-state index contributed by atoms with van der Waals surface area (Å²) in [5.74, 6) is 0.696. The van der Waals surface area contributed by atoms with E-state index in [0.717, 1.165) is 16.5 Å². The van der Waals surface area contributed by atoms with Crippen LogP contribution < -0.4 is 9.46 Å². The number of sulfonamides is 1. The molecule has 0 spiro atoms. The van der Waals surface area contributed by atoms with E-state index in [1.165, 1.54) is 7.11 Å². The number of hydrogen-bond donors (Lipinski definition) is 1. The zero-order valence-electron chi connectivity index (χ0n) is 13.7. The molecule has 1 N–H and O–H groups in total. The average Bonchev–Trinajstić information content (AvgIpc) is 2.62. The van der Waals surface area contributed by atoms with E-state index >= 15 is 0 Å². The van der Waals surface area contributed by atoms with Crippen LogP contribution in [0.3, 0.4) is 0 Å². The number of nitrogens with one attached hydrogen (secondary N) is 1. The van der Waals surface area contributed by atoms with Crippen LogP contribution >= 0.6 is 0 Å². The van der Waals surface area contributed by atoms with Gasteiger partial charge in [-0.1, -0.05) is 42.5 Å². The average molecular weight is 347 g/mol. The number of hydrogen-bond acceptors (Lipinski definition) is 4. The molecule has 0 aromatic heterocycles. The van der Waals surface area contributed by atoms with E-state index in [2.05, 4.69) is 4.72 Å². The van der Waals surface area contributed by atoms with Crippen LogP contribution in [0.2, 0.25) is 0 Å². The third-order valence-electron chi connectivity index (χ3n) is 3.46. The molecule has 2 rings (SSSR count). The Kier molecular flexibility index (Phi) is 6.54. The first kappa shape index (κ1) is 18.2. The Morgan fingerprint density at radius 2 is 1.83 bits per heavy atom. The largest absolute Gasteiger partial charge is 0.497 e. The molecular weight excluding hydrogens is 326 g/mol. The van der Waals surface area contributed by atoms with Crippen LogP contribution in [0.25, 0.3) is 6.08 Å². The Hall–Kier alpha value is -2.15. The molecule has 6 heteroatoms. The minimum absolute atomic E-state index is 0.130. The van der Waals surface area contributed by atoms with Gasteiger partial charge in [0, 0.05) is 19.1 Å². The van der Waals surface area contributed by atoms with Gasteiger partial charge in [-0.05, 0) is 29.3 Å². The minimum Gasteiger partial charge on any atom is -0.497 e. The van der Waals surface area contributed by atoms with Crippen molar-refractivity contribution in [3.8, 4) is 5.75 Å². The van der Waals surface area contributed by atoms with E-state index in [1.54, 1.807) is 13.2 Å². The molecule has 0 saturated heterocycles. The molecule has 0 saturated carbocycles. The van der Waals surface area contributed by atoms with Crippen molar-refractivity contribution in [1.82, 2.24) is 4.72 Å². The van der Waals surface area contributed by atoms with Crippen molar-refractivity contribution in [2.24, 2.45) is 0 Å². The monoisotopic (exact) mass is 347 g/mol. The molecule has 5 nitrogen and oxygen atoms in total. The van der Waals surface area contributed by atoms with Gasteiger partial charge in [0.25, 0.3) is 0 Å². The molecule has 0 fully saturated rings. The molecule has 128 valence electrons. The zero-order valence-corrected chi connectivity index (χ0v) is 14.5. The van der Waals surface area contributed by atoms with E-state index < -0.39 is 16.1 Å². The smallest absolute Gasteiger partial charge is 0.233 e. The summed E-state index contributed by atoms with van der Waals surface area (Å²) >= 11 is 0. The normalized spacial score (nSPS) is 13.1. The standard InChI is InChI=1S/C18H21NO4S/c1-22-17-10-6-9-16(13-17)18(23-2)14-19-24(20,21)12-11-15-7-4-3-5-8-15/h3-13,18-19H,14H2,1-2H3/b12-11+. The molecule has 1 unspecified atom stereocenters. The lowest BCUT2D eigenvalue weighted by Crippen LogP contribution is -2.27. The van der Waals surface area contributed by atoms with Crippen LogP contribution in [-0.4, -0.2) is 29.2 Å². The van der Waals surface area contributed by atoms with E-state index in [0.29, 0.717) is 5.75 Å².